The lowest BCUT2D eigenvalue weighted by Crippen LogP contribution is -2.42. The van der Waals surface area contributed by atoms with Gasteiger partial charge in [-0.1, -0.05) is 12.8 Å². The molecule has 2 N–H and O–H groups in total. The van der Waals surface area contributed by atoms with Gasteiger partial charge in [-0.15, -0.1) is 0 Å². The summed E-state index contributed by atoms with van der Waals surface area (Å²) in [6.45, 7) is -1.39. The minimum absolute atomic E-state index is 0.340. The molecule has 2 aliphatic rings. The Morgan fingerprint density at radius 1 is 1.00 bits per heavy atom. The number of fused-ring (bicyclic) bond motifs is 1. The molecular weight excluding hydrogens is 384 g/mol. The number of rotatable bonds is 5. The average molecular weight is 406 g/mol. The topological polar surface area (TPSA) is 151 Å². The number of ether oxygens (including phenoxy) is 1. The summed E-state index contributed by atoms with van der Waals surface area (Å²) in [5, 5.41) is 0. The smallest absolute Gasteiger partial charge is 0.332 e. The van der Waals surface area contributed by atoms with Gasteiger partial charge in [-0.25, -0.2) is 4.79 Å². The second-order valence-electron chi connectivity index (χ2n) is 7.31. The molecule has 2 heterocycles. The highest BCUT2D eigenvalue weighted by atomic mass is 16.5. The molecule has 0 aromatic carbocycles. The standard InChI is InChI=1S/C18H22N4O7/c1-20-14(19)13(17(27)21(2)18(20)28)11(23)8-29-12(24)7-22-15(25)9-5-3-4-6-10(9)16(22)26/h9-10H,3-8,19H2,1-2H3/t9-,10-/m1/s1. The normalized spacial score (nSPS) is 21.2. The Morgan fingerprint density at radius 2 is 1.55 bits per heavy atom. The zero-order chi connectivity index (χ0) is 21.5. The Hall–Kier alpha value is -3.24. The second kappa shape index (κ2) is 7.64. The number of likely N-dealkylation sites (tertiary alicyclic amines) is 1. The number of imide groups is 1. The lowest BCUT2D eigenvalue weighted by atomic mass is 9.81. The number of anilines is 1. The lowest BCUT2D eigenvalue weighted by molar-refractivity contribution is -0.152. The van der Waals surface area contributed by atoms with Crippen LogP contribution in [0.2, 0.25) is 0 Å². The molecule has 2 atom stereocenters. The van der Waals surface area contributed by atoms with Crippen LogP contribution in [0.15, 0.2) is 9.59 Å². The van der Waals surface area contributed by atoms with Crippen LogP contribution < -0.4 is 17.0 Å². The zero-order valence-electron chi connectivity index (χ0n) is 16.2. The van der Waals surface area contributed by atoms with E-state index in [9.17, 15) is 28.8 Å². The van der Waals surface area contributed by atoms with Gasteiger partial charge in [0.15, 0.2) is 6.61 Å². The Bertz CT molecular complexity index is 998. The van der Waals surface area contributed by atoms with Gasteiger partial charge in [0.25, 0.3) is 5.56 Å². The Labute approximate surface area is 165 Å². The van der Waals surface area contributed by atoms with Crippen molar-refractivity contribution in [2.24, 2.45) is 25.9 Å². The molecule has 0 unspecified atom stereocenters. The number of aromatic nitrogens is 2. The van der Waals surface area contributed by atoms with Crippen LogP contribution in [-0.4, -0.2) is 50.8 Å². The molecule has 1 aromatic heterocycles. The Balaban J connectivity index is 1.67. The minimum Gasteiger partial charge on any atom is -0.456 e. The number of carbonyl (C=O) groups excluding carboxylic acids is 4. The maximum Gasteiger partial charge on any atom is 0.332 e. The van der Waals surface area contributed by atoms with Crippen molar-refractivity contribution in [3.8, 4) is 0 Å². The number of nitrogens with two attached hydrogens (primary N) is 1. The molecule has 1 aliphatic heterocycles. The van der Waals surface area contributed by atoms with Crippen LogP contribution in [0, 0.1) is 11.8 Å². The van der Waals surface area contributed by atoms with Crippen molar-refractivity contribution >= 4 is 29.4 Å². The van der Waals surface area contributed by atoms with Crippen LogP contribution in [0.3, 0.4) is 0 Å². The summed E-state index contributed by atoms with van der Waals surface area (Å²) < 4.78 is 6.51. The molecule has 11 nitrogen and oxygen atoms in total. The van der Waals surface area contributed by atoms with Gasteiger partial charge in [0.1, 0.15) is 17.9 Å². The van der Waals surface area contributed by atoms with Crippen molar-refractivity contribution in [1.82, 2.24) is 14.0 Å². The summed E-state index contributed by atoms with van der Waals surface area (Å²) in [6.07, 6.45) is 2.97. The van der Waals surface area contributed by atoms with Gasteiger partial charge in [-0.2, -0.15) is 0 Å². The maximum atomic E-state index is 12.4. The number of Topliss-reactive ketones (excluding diaryl/α,β-unsaturated/α-hetero) is 1. The van der Waals surface area contributed by atoms with Crippen molar-refractivity contribution in [2.45, 2.75) is 25.7 Å². The summed E-state index contributed by atoms with van der Waals surface area (Å²) in [5.74, 6) is -3.73. The quantitative estimate of drug-likeness (QED) is 0.355. The Kier molecular flexibility index (Phi) is 5.40. The van der Waals surface area contributed by atoms with Crippen molar-refractivity contribution in [3.05, 3.63) is 26.4 Å². The molecule has 1 aromatic rings. The van der Waals surface area contributed by atoms with E-state index in [1.807, 2.05) is 0 Å². The molecule has 29 heavy (non-hydrogen) atoms. The predicted octanol–water partition coefficient (Wildman–Crippen LogP) is -1.43. The van der Waals surface area contributed by atoms with Crippen LogP contribution in [0.4, 0.5) is 5.82 Å². The van der Waals surface area contributed by atoms with Gasteiger partial charge < -0.3 is 10.5 Å². The van der Waals surface area contributed by atoms with Crippen LogP contribution in [0.25, 0.3) is 0 Å². The van der Waals surface area contributed by atoms with Gasteiger partial charge in [0.2, 0.25) is 17.6 Å². The first-order chi connectivity index (χ1) is 13.6. The van der Waals surface area contributed by atoms with Crippen molar-refractivity contribution < 1.29 is 23.9 Å². The molecule has 0 spiro atoms. The fourth-order valence-corrected chi connectivity index (χ4v) is 3.90. The van der Waals surface area contributed by atoms with Gasteiger partial charge in [-0.05, 0) is 12.8 Å². The predicted molar refractivity (Wildman–Crippen MR) is 98.8 cm³/mol. The van der Waals surface area contributed by atoms with E-state index in [4.69, 9.17) is 10.5 Å². The first kappa shape index (κ1) is 20.5. The summed E-state index contributed by atoms with van der Waals surface area (Å²) in [5.41, 5.74) is 3.61. The number of amides is 2. The van der Waals surface area contributed by atoms with E-state index in [0.717, 1.165) is 22.3 Å². The highest BCUT2D eigenvalue weighted by Gasteiger charge is 2.48. The van der Waals surface area contributed by atoms with Gasteiger partial charge >= 0.3 is 11.7 Å². The van der Waals surface area contributed by atoms with Crippen LogP contribution in [-0.2, 0) is 33.2 Å². The van der Waals surface area contributed by atoms with E-state index in [0.29, 0.717) is 17.4 Å². The number of hydrogen-bond donors (Lipinski definition) is 1. The van der Waals surface area contributed by atoms with E-state index >= 15 is 0 Å². The molecule has 2 fully saturated rings. The number of nitrogens with zero attached hydrogens (tertiary/aromatic N) is 3. The third kappa shape index (κ3) is 3.47. The van der Waals surface area contributed by atoms with E-state index in [-0.39, 0.29) is 29.5 Å². The SMILES string of the molecule is Cn1c(N)c(C(=O)COC(=O)CN2C(=O)[C@@H]3CCCC[C@H]3C2=O)c(=O)n(C)c1=O. The number of ketones is 1. The molecule has 1 saturated carbocycles. The molecule has 1 aliphatic carbocycles. The van der Waals surface area contributed by atoms with Crippen molar-refractivity contribution in [1.29, 1.82) is 0 Å². The van der Waals surface area contributed by atoms with Crippen LogP contribution in [0.1, 0.15) is 36.0 Å². The minimum atomic E-state index is -0.945. The third-order valence-electron chi connectivity index (χ3n) is 5.57. The maximum absolute atomic E-state index is 12.4. The first-order valence-corrected chi connectivity index (χ1v) is 9.24. The van der Waals surface area contributed by atoms with Crippen LogP contribution >= 0.6 is 0 Å². The van der Waals surface area contributed by atoms with E-state index < -0.39 is 41.7 Å². The molecule has 3 rings (SSSR count). The zero-order valence-corrected chi connectivity index (χ0v) is 16.2. The fourth-order valence-electron chi connectivity index (χ4n) is 3.90. The molecule has 0 bridgehead atoms. The molecule has 2 amide bonds. The number of hydrogen-bond acceptors (Lipinski definition) is 8. The molecule has 156 valence electrons. The van der Waals surface area contributed by atoms with Gasteiger partial charge in [0, 0.05) is 14.1 Å². The summed E-state index contributed by atoms with van der Waals surface area (Å²) in [4.78, 5) is 74.0. The molecular formula is C18H22N4O7. The number of esters is 1. The number of nitrogen functional groups attached to an aromatic ring is 1. The summed E-state index contributed by atoms with van der Waals surface area (Å²) >= 11 is 0. The summed E-state index contributed by atoms with van der Waals surface area (Å²) in [7, 11) is 2.49. The van der Waals surface area contributed by atoms with Gasteiger partial charge in [0.05, 0.1) is 11.8 Å². The largest absolute Gasteiger partial charge is 0.456 e. The molecule has 0 radical (unpaired) electrons. The van der Waals surface area contributed by atoms with E-state index in [2.05, 4.69) is 0 Å². The van der Waals surface area contributed by atoms with Crippen LogP contribution in [0.5, 0.6) is 0 Å². The van der Waals surface area contributed by atoms with Crippen molar-refractivity contribution in [3.63, 3.8) is 0 Å². The highest BCUT2D eigenvalue weighted by molar-refractivity contribution is 6.07. The highest BCUT2D eigenvalue weighted by Crippen LogP contribution is 2.37. The van der Waals surface area contributed by atoms with Crippen molar-refractivity contribution in [2.75, 3.05) is 18.9 Å². The van der Waals surface area contributed by atoms with E-state index in [1.54, 1.807) is 0 Å². The Morgan fingerprint density at radius 3 is 2.10 bits per heavy atom. The summed E-state index contributed by atoms with van der Waals surface area (Å²) in [6, 6.07) is 0. The monoisotopic (exact) mass is 406 g/mol. The van der Waals surface area contributed by atoms with Gasteiger partial charge in [-0.3, -0.25) is 38.0 Å². The third-order valence-corrected chi connectivity index (χ3v) is 5.57. The second-order valence-corrected chi connectivity index (χ2v) is 7.31. The lowest BCUT2D eigenvalue weighted by Gasteiger charge is -2.19. The average Bonchev–Trinajstić information content (AvgIpc) is 2.94. The first-order valence-electron chi connectivity index (χ1n) is 9.24. The number of carbonyl (C=O) groups is 4. The molecule has 1 saturated heterocycles. The fraction of sp³-hybridized carbons (Fsp3) is 0.556. The van der Waals surface area contributed by atoms with E-state index in [1.165, 1.54) is 14.1 Å². The molecule has 11 heteroatoms.